The third-order valence-electron chi connectivity index (χ3n) is 2.82. The highest BCUT2D eigenvalue weighted by Gasteiger charge is 2.16. The van der Waals surface area contributed by atoms with E-state index in [9.17, 15) is 4.39 Å². The molecule has 2 nitrogen and oxygen atoms in total. The number of aromatic nitrogens is 2. The quantitative estimate of drug-likeness (QED) is 0.534. The molecule has 0 saturated heterocycles. The van der Waals surface area contributed by atoms with E-state index in [1.54, 1.807) is 6.07 Å². The molecule has 0 unspecified atom stereocenters. The Morgan fingerprint density at radius 1 is 1.26 bits per heavy atom. The number of benzene rings is 1. The molecule has 0 saturated carbocycles. The van der Waals surface area contributed by atoms with Crippen LogP contribution in [-0.4, -0.2) is 9.97 Å². The lowest BCUT2D eigenvalue weighted by molar-refractivity contribution is 0.627. The fourth-order valence-corrected chi connectivity index (χ4v) is 2.81. The molecule has 0 amide bonds. The van der Waals surface area contributed by atoms with Gasteiger partial charge in [-0.05, 0) is 53.1 Å². The Balaban J connectivity index is 2.66. The van der Waals surface area contributed by atoms with E-state index in [0.29, 0.717) is 16.5 Å². The lowest BCUT2D eigenvalue weighted by atomic mass is 10.1. The standard InChI is InChI=1S/C14H13ClFIN2/c1-7(2)12-11(17)13(15)19-14(18-12)10-6-9(16)5-4-8(10)3/h4-7H,1-3H3. The van der Waals surface area contributed by atoms with Crippen molar-refractivity contribution in [3.8, 4) is 11.4 Å². The molecular weight excluding hydrogens is 378 g/mol. The first-order valence-corrected chi connectivity index (χ1v) is 7.35. The Hall–Kier alpha value is -0.750. The van der Waals surface area contributed by atoms with Gasteiger partial charge in [0.25, 0.3) is 0 Å². The molecule has 0 bridgehead atoms. The van der Waals surface area contributed by atoms with E-state index in [2.05, 4.69) is 32.6 Å². The Bertz CT molecular complexity index is 629. The molecule has 0 N–H and O–H groups in total. The summed E-state index contributed by atoms with van der Waals surface area (Å²) in [6.07, 6.45) is 0. The number of aryl methyl sites for hydroxylation is 1. The van der Waals surface area contributed by atoms with Crippen LogP contribution in [-0.2, 0) is 0 Å². The number of hydrogen-bond acceptors (Lipinski definition) is 2. The SMILES string of the molecule is Cc1ccc(F)cc1-c1nc(Cl)c(I)c(C(C)C)n1. The van der Waals surface area contributed by atoms with Gasteiger partial charge in [0.05, 0.1) is 9.26 Å². The molecule has 0 aliphatic carbocycles. The number of halogens is 3. The van der Waals surface area contributed by atoms with Gasteiger partial charge in [-0.25, -0.2) is 14.4 Å². The minimum absolute atomic E-state index is 0.236. The fraction of sp³-hybridized carbons (Fsp3) is 0.286. The normalized spacial score (nSPS) is 11.1. The first-order valence-electron chi connectivity index (χ1n) is 5.89. The van der Waals surface area contributed by atoms with Gasteiger partial charge in [-0.2, -0.15) is 0 Å². The number of rotatable bonds is 2. The summed E-state index contributed by atoms with van der Waals surface area (Å²) >= 11 is 8.29. The third-order valence-corrected chi connectivity index (χ3v) is 4.48. The van der Waals surface area contributed by atoms with Crippen molar-refractivity contribution in [1.82, 2.24) is 9.97 Å². The minimum atomic E-state index is -0.301. The zero-order chi connectivity index (χ0) is 14.2. The van der Waals surface area contributed by atoms with Crippen LogP contribution in [0.3, 0.4) is 0 Å². The molecule has 2 rings (SSSR count). The van der Waals surface area contributed by atoms with Crippen molar-refractivity contribution >= 4 is 34.2 Å². The summed E-state index contributed by atoms with van der Waals surface area (Å²) in [5.41, 5.74) is 2.49. The average molecular weight is 391 g/mol. The van der Waals surface area contributed by atoms with Crippen LogP contribution in [0.25, 0.3) is 11.4 Å². The minimum Gasteiger partial charge on any atom is -0.232 e. The zero-order valence-electron chi connectivity index (χ0n) is 10.8. The predicted molar refractivity (Wildman–Crippen MR) is 84.0 cm³/mol. The van der Waals surface area contributed by atoms with E-state index < -0.39 is 0 Å². The highest BCUT2D eigenvalue weighted by atomic mass is 127. The summed E-state index contributed by atoms with van der Waals surface area (Å²) < 4.78 is 14.2. The van der Waals surface area contributed by atoms with Crippen LogP contribution in [0.2, 0.25) is 5.15 Å². The summed E-state index contributed by atoms with van der Waals surface area (Å²) in [5.74, 6) is 0.413. The highest BCUT2D eigenvalue weighted by molar-refractivity contribution is 14.1. The maximum Gasteiger partial charge on any atom is 0.161 e. The smallest absolute Gasteiger partial charge is 0.161 e. The first-order chi connectivity index (χ1) is 8.90. The summed E-state index contributed by atoms with van der Waals surface area (Å²) in [4.78, 5) is 8.80. The van der Waals surface area contributed by atoms with Crippen molar-refractivity contribution in [3.05, 3.63) is 44.0 Å². The molecule has 1 aromatic heterocycles. The topological polar surface area (TPSA) is 25.8 Å². The van der Waals surface area contributed by atoms with Gasteiger partial charge in [-0.1, -0.05) is 31.5 Å². The molecule has 0 spiro atoms. The van der Waals surface area contributed by atoms with Crippen LogP contribution < -0.4 is 0 Å². The van der Waals surface area contributed by atoms with Gasteiger partial charge in [0, 0.05) is 5.56 Å². The summed E-state index contributed by atoms with van der Waals surface area (Å²) in [6, 6.07) is 4.59. The van der Waals surface area contributed by atoms with Gasteiger partial charge in [0.15, 0.2) is 5.82 Å². The monoisotopic (exact) mass is 390 g/mol. The lowest BCUT2D eigenvalue weighted by Gasteiger charge is -2.12. The van der Waals surface area contributed by atoms with Gasteiger partial charge >= 0.3 is 0 Å². The average Bonchev–Trinajstić information content (AvgIpc) is 2.35. The van der Waals surface area contributed by atoms with Crippen LogP contribution in [0.5, 0.6) is 0 Å². The van der Waals surface area contributed by atoms with Crippen molar-refractivity contribution in [3.63, 3.8) is 0 Å². The van der Waals surface area contributed by atoms with Crippen LogP contribution in [0.1, 0.15) is 31.0 Å². The Morgan fingerprint density at radius 2 is 1.95 bits per heavy atom. The molecule has 19 heavy (non-hydrogen) atoms. The van der Waals surface area contributed by atoms with E-state index in [1.165, 1.54) is 12.1 Å². The van der Waals surface area contributed by atoms with Gasteiger partial charge in [-0.15, -0.1) is 0 Å². The summed E-state index contributed by atoms with van der Waals surface area (Å²) in [6.45, 7) is 5.99. The van der Waals surface area contributed by atoms with E-state index >= 15 is 0 Å². The van der Waals surface area contributed by atoms with Gasteiger partial charge in [0.1, 0.15) is 11.0 Å². The molecule has 2 aromatic rings. The zero-order valence-corrected chi connectivity index (χ0v) is 13.8. The van der Waals surface area contributed by atoms with Crippen molar-refractivity contribution in [2.45, 2.75) is 26.7 Å². The van der Waals surface area contributed by atoms with E-state index in [0.717, 1.165) is 14.8 Å². The summed E-state index contributed by atoms with van der Waals surface area (Å²) in [5, 5.41) is 0.415. The third kappa shape index (κ3) is 3.05. The molecule has 1 aromatic carbocycles. The fourth-order valence-electron chi connectivity index (χ4n) is 1.77. The van der Waals surface area contributed by atoms with Gasteiger partial charge < -0.3 is 0 Å². The van der Waals surface area contributed by atoms with Crippen LogP contribution in [0.15, 0.2) is 18.2 Å². The second-order valence-electron chi connectivity index (χ2n) is 4.65. The van der Waals surface area contributed by atoms with Gasteiger partial charge in [-0.3, -0.25) is 0 Å². The molecule has 0 radical (unpaired) electrons. The molecule has 1 heterocycles. The Kier molecular flexibility index (Phi) is 4.40. The molecule has 5 heteroatoms. The van der Waals surface area contributed by atoms with Crippen LogP contribution in [0.4, 0.5) is 4.39 Å². The maximum atomic E-state index is 13.4. The van der Waals surface area contributed by atoms with Gasteiger partial charge in [0.2, 0.25) is 0 Å². The molecule has 0 aliphatic rings. The molecule has 0 fully saturated rings. The predicted octanol–water partition coefficient (Wildman–Crippen LogP) is 4.97. The van der Waals surface area contributed by atoms with Crippen molar-refractivity contribution in [2.75, 3.05) is 0 Å². The largest absolute Gasteiger partial charge is 0.232 e. The van der Waals surface area contributed by atoms with E-state index in [4.69, 9.17) is 11.6 Å². The second kappa shape index (κ2) is 5.71. The van der Waals surface area contributed by atoms with Crippen molar-refractivity contribution in [2.24, 2.45) is 0 Å². The van der Waals surface area contributed by atoms with E-state index in [1.807, 2.05) is 20.8 Å². The van der Waals surface area contributed by atoms with Crippen LogP contribution >= 0.6 is 34.2 Å². The summed E-state index contributed by atoms with van der Waals surface area (Å²) in [7, 11) is 0. The van der Waals surface area contributed by atoms with Crippen molar-refractivity contribution < 1.29 is 4.39 Å². The number of hydrogen-bond donors (Lipinski definition) is 0. The van der Waals surface area contributed by atoms with E-state index in [-0.39, 0.29) is 11.7 Å². The molecule has 100 valence electrons. The Morgan fingerprint density at radius 3 is 2.58 bits per heavy atom. The molecular formula is C14H13ClFIN2. The van der Waals surface area contributed by atoms with Crippen molar-refractivity contribution in [1.29, 1.82) is 0 Å². The lowest BCUT2D eigenvalue weighted by Crippen LogP contribution is -2.03. The highest BCUT2D eigenvalue weighted by Crippen LogP contribution is 2.29. The first kappa shape index (κ1) is 14.7. The number of nitrogens with zero attached hydrogens (tertiary/aromatic N) is 2. The maximum absolute atomic E-state index is 13.4. The molecule has 0 aliphatic heterocycles. The van der Waals surface area contributed by atoms with Crippen LogP contribution in [0, 0.1) is 16.3 Å². The Labute approximate surface area is 130 Å². The molecule has 0 atom stereocenters. The second-order valence-corrected chi connectivity index (χ2v) is 6.09.